The highest BCUT2D eigenvalue weighted by Gasteiger charge is 2.62. The second-order valence-electron chi connectivity index (χ2n) is 12.7. The van der Waals surface area contributed by atoms with Gasteiger partial charge in [0.1, 0.15) is 17.7 Å². The molecule has 15 heteroatoms. The van der Waals surface area contributed by atoms with Crippen LogP contribution in [0, 0.1) is 11.3 Å². The van der Waals surface area contributed by atoms with E-state index < -0.39 is 45.1 Å². The van der Waals surface area contributed by atoms with Gasteiger partial charge < -0.3 is 9.64 Å². The van der Waals surface area contributed by atoms with Crippen molar-refractivity contribution in [3.05, 3.63) is 30.0 Å². The molecular weight excluding hydrogens is 589 g/mol. The number of ether oxygens (including phenoxy) is 1. The molecule has 0 radical (unpaired) electrons. The molecular formula is C28H35F3N6O5S. The van der Waals surface area contributed by atoms with Crippen LogP contribution in [0.4, 0.5) is 24.8 Å². The molecule has 11 nitrogen and oxygen atoms in total. The number of hydrogen-bond acceptors (Lipinski definition) is 8. The van der Waals surface area contributed by atoms with E-state index >= 15 is 0 Å². The Morgan fingerprint density at radius 3 is 2.60 bits per heavy atom. The minimum Gasteiger partial charge on any atom is -0.368 e. The highest BCUT2D eigenvalue weighted by atomic mass is 32.2. The number of halogens is 3. The van der Waals surface area contributed by atoms with Gasteiger partial charge in [0.2, 0.25) is 0 Å². The third kappa shape index (κ3) is 5.61. The molecule has 2 aromatic rings. The van der Waals surface area contributed by atoms with E-state index in [0.29, 0.717) is 19.5 Å². The van der Waals surface area contributed by atoms with Crippen LogP contribution >= 0.6 is 0 Å². The number of aromatic nitrogens is 3. The molecule has 2 amide bonds. The van der Waals surface area contributed by atoms with Crippen molar-refractivity contribution < 1.29 is 35.9 Å². The average Bonchev–Trinajstić information content (AvgIpc) is 3.25. The number of sulfonamides is 1. The Morgan fingerprint density at radius 2 is 1.88 bits per heavy atom. The standard InChI is InChI=1S/C28H35F3N6O5S/c1-26(2)16-18-4-3-12-35-13-8-22(33-35)43(40,41)34-24(38)19-5-6-21(32-23(19)37(26)17-18)36-14-7-20(25(36)39)42-15-11-27(9-10-27)28(29,30)31/h5-6,8,13,18,20H,3-4,7,9-12,14-17H2,1-2H3,(H,34,38)/t18-,20?/m1/s1. The van der Waals surface area contributed by atoms with E-state index in [-0.39, 0.29) is 60.6 Å². The Balaban J connectivity index is 1.27. The maximum absolute atomic E-state index is 13.4. The number of hydrogen-bond donors (Lipinski definition) is 1. The maximum Gasteiger partial charge on any atom is 0.394 e. The lowest BCUT2D eigenvalue weighted by molar-refractivity contribution is -0.192. The van der Waals surface area contributed by atoms with Crippen molar-refractivity contribution in [3.8, 4) is 0 Å². The fourth-order valence-corrected chi connectivity index (χ4v) is 7.48. The van der Waals surface area contributed by atoms with E-state index in [9.17, 15) is 31.2 Å². The smallest absolute Gasteiger partial charge is 0.368 e. The molecule has 0 spiro atoms. The first-order valence-electron chi connectivity index (χ1n) is 14.6. The van der Waals surface area contributed by atoms with Crippen LogP contribution in [0.3, 0.4) is 0 Å². The molecule has 1 N–H and O–H groups in total. The van der Waals surface area contributed by atoms with Gasteiger partial charge in [-0.1, -0.05) is 0 Å². The Bertz CT molecular complexity index is 1540. The molecule has 2 saturated heterocycles. The second kappa shape index (κ2) is 10.5. The highest BCUT2D eigenvalue weighted by Crippen LogP contribution is 2.60. The van der Waals surface area contributed by atoms with Crippen LogP contribution in [-0.2, 0) is 26.1 Å². The minimum absolute atomic E-state index is 0.0406. The molecule has 1 unspecified atom stereocenters. The summed E-state index contributed by atoms with van der Waals surface area (Å²) in [5.41, 5.74) is -2.08. The Kier molecular flexibility index (Phi) is 7.26. The number of pyridine rings is 1. The van der Waals surface area contributed by atoms with Crippen molar-refractivity contribution in [1.29, 1.82) is 0 Å². The lowest BCUT2D eigenvalue weighted by Crippen LogP contribution is -2.41. The van der Waals surface area contributed by atoms with Gasteiger partial charge in [-0.15, -0.1) is 0 Å². The Hall–Kier alpha value is -3.20. The number of nitrogens with one attached hydrogen (secondary N) is 1. The average molecular weight is 625 g/mol. The van der Waals surface area contributed by atoms with Gasteiger partial charge in [-0.3, -0.25) is 19.2 Å². The molecule has 3 fully saturated rings. The number of fused-ring (bicyclic) bond motifs is 6. The van der Waals surface area contributed by atoms with E-state index in [1.54, 1.807) is 10.9 Å². The fourth-order valence-electron chi connectivity index (χ4n) is 6.57. The zero-order valence-electron chi connectivity index (χ0n) is 24.1. The molecule has 2 aromatic heterocycles. The topological polar surface area (TPSA) is 127 Å². The van der Waals surface area contributed by atoms with Crippen molar-refractivity contribution >= 4 is 33.5 Å². The summed E-state index contributed by atoms with van der Waals surface area (Å²) in [5, 5.41) is 3.88. The van der Waals surface area contributed by atoms with Gasteiger partial charge in [-0.25, -0.2) is 9.71 Å². The first-order valence-corrected chi connectivity index (χ1v) is 16.1. The summed E-state index contributed by atoms with van der Waals surface area (Å²) in [6, 6.07) is 4.28. The summed E-state index contributed by atoms with van der Waals surface area (Å²) < 4.78 is 75.2. The molecule has 1 aliphatic carbocycles. The first kappa shape index (κ1) is 29.9. The molecule has 5 heterocycles. The molecule has 3 aliphatic heterocycles. The van der Waals surface area contributed by atoms with Crippen LogP contribution in [0.25, 0.3) is 0 Å². The van der Waals surface area contributed by atoms with Gasteiger partial charge in [0, 0.05) is 44.4 Å². The lowest BCUT2D eigenvalue weighted by atomic mass is 9.93. The number of carbonyl (C=O) groups is 2. The summed E-state index contributed by atoms with van der Waals surface area (Å²) in [6.45, 7) is 5.27. The van der Waals surface area contributed by atoms with Crippen LogP contribution in [0.5, 0.6) is 0 Å². The van der Waals surface area contributed by atoms with Crippen molar-refractivity contribution in [3.63, 3.8) is 0 Å². The number of anilines is 2. The second-order valence-corrected chi connectivity index (χ2v) is 14.3. The Morgan fingerprint density at radius 1 is 1.12 bits per heavy atom. The molecule has 234 valence electrons. The maximum atomic E-state index is 13.4. The number of alkyl halides is 3. The predicted molar refractivity (Wildman–Crippen MR) is 149 cm³/mol. The molecule has 2 atom stereocenters. The minimum atomic E-state index is -4.28. The van der Waals surface area contributed by atoms with Gasteiger partial charge in [-0.2, -0.15) is 26.7 Å². The highest BCUT2D eigenvalue weighted by molar-refractivity contribution is 7.90. The van der Waals surface area contributed by atoms with Gasteiger partial charge in [-0.05, 0) is 76.5 Å². The third-order valence-corrected chi connectivity index (χ3v) is 10.4. The van der Waals surface area contributed by atoms with Crippen LogP contribution in [-0.4, -0.2) is 72.5 Å². The van der Waals surface area contributed by atoms with Crippen molar-refractivity contribution in [1.82, 2.24) is 19.5 Å². The largest absolute Gasteiger partial charge is 0.394 e. The zero-order valence-corrected chi connectivity index (χ0v) is 24.9. The summed E-state index contributed by atoms with van der Waals surface area (Å²) in [6.07, 6.45) is -0.850. The molecule has 1 saturated carbocycles. The summed E-state index contributed by atoms with van der Waals surface area (Å²) >= 11 is 0. The lowest BCUT2D eigenvalue weighted by Gasteiger charge is -2.34. The zero-order chi connectivity index (χ0) is 30.8. The van der Waals surface area contributed by atoms with Crippen LogP contribution in [0.1, 0.15) is 69.2 Å². The first-order chi connectivity index (χ1) is 20.2. The summed E-state index contributed by atoms with van der Waals surface area (Å²) in [5.74, 6) is -0.466. The molecule has 43 heavy (non-hydrogen) atoms. The predicted octanol–water partition coefficient (Wildman–Crippen LogP) is 3.65. The van der Waals surface area contributed by atoms with Crippen molar-refractivity contribution in [2.45, 2.75) is 88.2 Å². The van der Waals surface area contributed by atoms with E-state index in [0.717, 1.165) is 19.3 Å². The van der Waals surface area contributed by atoms with Crippen molar-refractivity contribution in [2.24, 2.45) is 11.3 Å². The molecule has 4 aliphatic rings. The van der Waals surface area contributed by atoms with Crippen LogP contribution < -0.4 is 14.5 Å². The number of nitrogens with zero attached hydrogens (tertiary/aromatic N) is 5. The number of aryl methyl sites for hydroxylation is 1. The van der Waals surface area contributed by atoms with Crippen LogP contribution in [0.15, 0.2) is 29.4 Å². The SMILES string of the molecule is CC1(C)C[C@H]2CCCn3ccc(n3)S(=O)(=O)NC(=O)c3ccc(N4CCC(OCCC5(C(F)(F)F)CC5)C4=O)nc3N1C2. The normalized spacial score (nSPS) is 26.2. The van der Waals surface area contributed by atoms with E-state index in [1.807, 2.05) is 18.7 Å². The summed E-state index contributed by atoms with van der Waals surface area (Å²) in [7, 11) is -4.26. The number of carbonyl (C=O) groups excluding carboxylic acids is 2. The van der Waals surface area contributed by atoms with E-state index in [4.69, 9.17) is 9.72 Å². The monoisotopic (exact) mass is 624 g/mol. The Labute approximate surface area is 247 Å². The fraction of sp³-hybridized carbons (Fsp3) is 0.643. The van der Waals surface area contributed by atoms with Crippen LogP contribution in [0.2, 0.25) is 0 Å². The van der Waals surface area contributed by atoms with E-state index in [1.165, 1.54) is 23.1 Å². The number of rotatable bonds is 5. The molecule has 6 rings (SSSR count). The number of amides is 2. The van der Waals surface area contributed by atoms with Gasteiger partial charge >= 0.3 is 6.18 Å². The van der Waals surface area contributed by atoms with Gasteiger partial charge in [0.15, 0.2) is 5.03 Å². The van der Waals surface area contributed by atoms with Gasteiger partial charge in [0.25, 0.3) is 21.8 Å². The third-order valence-electron chi connectivity index (χ3n) is 9.23. The quantitative estimate of drug-likeness (QED) is 0.535. The van der Waals surface area contributed by atoms with Crippen molar-refractivity contribution in [2.75, 3.05) is 29.5 Å². The van der Waals surface area contributed by atoms with E-state index in [2.05, 4.69) is 9.82 Å². The molecule has 0 aromatic carbocycles. The molecule has 4 bridgehead atoms. The van der Waals surface area contributed by atoms with Gasteiger partial charge in [0.05, 0.1) is 11.0 Å². The summed E-state index contributed by atoms with van der Waals surface area (Å²) in [4.78, 5) is 34.9.